The highest BCUT2D eigenvalue weighted by Crippen LogP contribution is 2.45. The lowest BCUT2D eigenvalue weighted by Gasteiger charge is -2.44. The maximum Gasteiger partial charge on any atom is 0.252 e. The first-order chi connectivity index (χ1) is 34.0. The van der Waals surface area contributed by atoms with Gasteiger partial charge >= 0.3 is 0 Å². The number of benzene rings is 7. The van der Waals surface area contributed by atoms with Crippen LogP contribution >= 0.6 is 0 Å². The quantitative estimate of drug-likeness (QED) is 0.156. The van der Waals surface area contributed by atoms with Crippen LogP contribution in [0.4, 0.5) is 0 Å². The maximum atomic E-state index is 2.84. The molecule has 0 bridgehead atoms. The van der Waals surface area contributed by atoms with Gasteiger partial charge in [-0.05, 0) is 135 Å². The summed E-state index contributed by atoms with van der Waals surface area (Å²) in [4.78, 5) is 0. The van der Waals surface area contributed by atoms with Crippen molar-refractivity contribution in [3.63, 3.8) is 0 Å². The van der Waals surface area contributed by atoms with Gasteiger partial charge in [0.05, 0.1) is 0 Å². The van der Waals surface area contributed by atoms with E-state index in [9.17, 15) is 0 Å². The standard InChI is InChI=1S/C68H75B3N2/c1-20-45-54-61-56-62-55(45)70(44-27-23-38(24-28-44)64(5,6)7)51-34-40(66(11,12)13)30-47-49-32-42(68(17,18)19)36-53(60(49)73(62)58(47)51)71(56)52-35-41(67(14,15)16)31-48-46-29-39(65(8,9)10)33-50(57(46)72(61)59(48)52)69(54)43-25-21-37(22-26-43)63(2,3)4/h21-36H,20H2,1-19H3. The average Bonchev–Trinajstić information content (AvgIpc) is 3.82. The molecule has 5 heteroatoms. The Morgan fingerprint density at radius 1 is 0.315 bits per heavy atom. The zero-order valence-corrected chi connectivity index (χ0v) is 47.6. The molecule has 13 rings (SSSR count). The van der Waals surface area contributed by atoms with Crippen LogP contribution in [0.3, 0.4) is 0 Å². The van der Waals surface area contributed by atoms with Gasteiger partial charge in [0, 0.05) is 55.0 Å². The SMILES string of the molecule is CCc1c2c3c4c5c1B(c1ccc(C(C)(C)C)cc1)c1cc(C(C)(C)C)cc6c7cc(C(C)(C)C)cc(c7n-5c16)B4c1cc(C(C)(C)C)cc4c5cc(C(C)(C)C)cc(c5n-3c14)B2c1ccc(C(C)(C)C)cc1. The van der Waals surface area contributed by atoms with E-state index in [1.807, 2.05) is 0 Å². The van der Waals surface area contributed by atoms with Crippen molar-refractivity contribution in [3.05, 3.63) is 136 Å². The monoisotopic (exact) mass is 953 g/mol. The number of fused-ring (bicyclic) bond motifs is 4. The van der Waals surface area contributed by atoms with Crippen LogP contribution in [-0.2, 0) is 38.9 Å². The predicted octanol–water partition coefficient (Wildman–Crippen LogP) is 11.0. The van der Waals surface area contributed by atoms with Crippen LogP contribution < -0.4 is 49.2 Å². The first kappa shape index (κ1) is 47.1. The summed E-state index contributed by atoms with van der Waals surface area (Å²) in [5.41, 5.74) is 31.5. The largest absolute Gasteiger partial charge is 0.311 e. The van der Waals surface area contributed by atoms with E-state index in [4.69, 9.17) is 0 Å². The Morgan fingerprint density at radius 2 is 0.575 bits per heavy atom. The molecule has 0 aliphatic carbocycles. The lowest BCUT2D eigenvalue weighted by Crippen LogP contribution is -2.71. The van der Waals surface area contributed by atoms with Crippen LogP contribution in [0.15, 0.2) is 97.1 Å². The van der Waals surface area contributed by atoms with Crippen LogP contribution in [0.25, 0.3) is 55.0 Å². The number of hydrogen-bond donors (Lipinski definition) is 0. The van der Waals surface area contributed by atoms with Gasteiger partial charge in [-0.1, -0.05) is 221 Å². The van der Waals surface area contributed by atoms with Crippen LogP contribution in [0, 0.1) is 0 Å². The van der Waals surface area contributed by atoms with Crippen molar-refractivity contribution in [3.8, 4) is 11.4 Å². The smallest absolute Gasteiger partial charge is 0.252 e. The summed E-state index contributed by atoms with van der Waals surface area (Å²) >= 11 is 0. The molecule has 4 aliphatic rings. The third-order valence-electron chi connectivity index (χ3n) is 18.3. The molecule has 0 spiro atoms. The number of hydrogen-bond acceptors (Lipinski definition) is 0. The van der Waals surface area contributed by atoms with Gasteiger partial charge in [0.25, 0.3) is 6.71 Å². The molecular weight excluding hydrogens is 877 g/mol. The Balaban J connectivity index is 1.32. The van der Waals surface area contributed by atoms with Gasteiger partial charge in [0.1, 0.15) is 0 Å². The Labute approximate surface area is 437 Å². The summed E-state index contributed by atoms with van der Waals surface area (Å²) in [6.45, 7) is 45.7. The van der Waals surface area contributed by atoms with Crippen LogP contribution in [-0.4, -0.2) is 29.3 Å². The van der Waals surface area contributed by atoms with Gasteiger partial charge < -0.3 is 9.13 Å². The van der Waals surface area contributed by atoms with Gasteiger partial charge in [0.15, 0.2) is 0 Å². The van der Waals surface area contributed by atoms with E-state index < -0.39 is 0 Å². The molecule has 6 heterocycles. The van der Waals surface area contributed by atoms with E-state index >= 15 is 0 Å². The topological polar surface area (TPSA) is 9.86 Å². The van der Waals surface area contributed by atoms with E-state index in [0.717, 1.165) is 6.42 Å². The molecule has 0 atom stereocenters. The minimum Gasteiger partial charge on any atom is -0.311 e. The van der Waals surface area contributed by atoms with Gasteiger partial charge in [-0.3, -0.25) is 0 Å². The molecule has 0 radical (unpaired) electrons. The Morgan fingerprint density at radius 3 is 0.822 bits per heavy atom. The second-order valence-corrected chi connectivity index (χ2v) is 29.3. The number of aromatic nitrogens is 2. The maximum absolute atomic E-state index is 2.84. The van der Waals surface area contributed by atoms with Crippen molar-refractivity contribution >= 4 is 113 Å². The Hall–Kier alpha value is -5.67. The summed E-state index contributed by atoms with van der Waals surface area (Å²) < 4.78 is 5.69. The van der Waals surface area contributed by atoms with Gasteiger partial charge in [-0.2, -0.15) is 0 Å². The van der Waals surface area contributed by atoms with Crippen molar-refractivity contribution in [1.82, 2.24) is 9.13 Å². The van der Waals surface area contributed by atoms with Crippen molar-refractivity contribution < 1.29 is 0 Å². The molecule has 0 unspecified atom stereocenters. The molecule has 2 aromatic heterocycles. The van der Waals surface area contributed by atoms with Crippen LogP contribution in [0.2, 0.25) is 0 Å². The van der Waals surface area contributed by atoms with Gasteiger partial charge in [-0.15, -0.1) is 0 Å². The van der Waals surface area contributed by atoms with Crippen molar-refractivity contribution in [2.45, 2.75) is 170 Å². The van der Waals surface area contributed by atoms with E-state index in [1.54, 1.807) is 0 Å². The van der Waals surface area contributed by atoms with Gasteiger partial charge in [0.2, 0.25) is 13.4 Å². The van der Waals surface area contributed by atoms with E-state index in [1.165, 1.54) is 143 Å². The molecule has 9 aromatic rings. The molecule has 0 saturated carbocycles. The van der Waals surface area contributed by atoms with Crippen LogP contribution in [0.1, 0.15) is 170 Å². The minimum absolute atomic E-state index is 0.0321. The predicted molar refractivity (Wildman–Crippen MR) is 324 cm³/mol. The molecule has 73 heavy (non-hydrogen) atoms. The Kier molecular flexibility index (Phi) is 9.27. The molecule has 4 aliphatic heterocycles. The Bertz CT molecular complexity index is 3670. The number of rotatable bonds is 3. The fourth-order valence-corrected chi connectivity index (χ4v) is 14.2. The third-order valence-corrected chi connectivity index (χ3v) is 18.3. The van der Waals surface area contributed by atoms with E-state index in [0.29, 0.717) is 0 Å². The van der Waals surface area contributed by atoms with Crippen molar-refractivity contribution in [2.75, 3.05) is 0 Å². The molecule has 0 amide bonds. The molecule has 2 nitrogen and oxygen atoms in total. The summed E-state index contributed by atoms with van der Waals surface area (Å²) in [7, 11) is 0. The minimum atomic E-state index is -0.0628. The average molecular weight is 953 g/mol. The summed E-state index contributed by atoms with van der Waals surface area (Å²) in [6.07, 6.45) is 0.929. The second kappa shape index (κ2) is 14.4. The summed E-state index contributed by atoms with van der Waals surface area (Å²) in [6, 6.07) is 40.9. The molecule has 0 saturated heterocycles. The molecule has 7 aromatic carbocycles. The third kappa shape index (κ3) is 6.33. The van der Waals surface area contributed by atoms with Crippen LogP contribution in [0.5, 0.6) is 0 Å². The lowest BCUT2D eigenvalue weighted by atomic mass is 9.26. The first-order valence-electron chi connectivity index (χ1n) is 27.8. The lowest BCUT2D eigenvalue weighted by molar-refractivity contribution is 0.590. The normalized spacial score (nSPS) is 15.0. The summed E-state index contributed by atoms with van der Waals surface area (Å²) in [5, 5.41) is 5.62. The summed E-state index contributed by atoms with van der Waals surface area (Å²) in [5.74, 6) is 0. The zero-order valence-electron chi connectivity index (χ0n) is 47.6. The van der Waals surface area contributed by atoms with E-state index in [-0.39, 0.29) is 52.6 Å². The van der Waals surface area contributed by atoms with Crippen molar-refractivity contribution in [1.29, 1.82) is 0 Å². The fourth-order valence-electron chi connectivity index (χ4n) is 14.2. The molecular formula is C68H75B3N2. The van der Waals surface area contributed by atoms with E-state index in [2.05, 4.69) is 238 Å². The highest BCUT2D eigenvalue weighted by molar-refractivity contribution is 7.06. The van der Waals surface area contributed by atoms with Gasteiger partial charge in [-0.25, -0.2) is 0 Å². The number of nitrogens with zero attached hydrogens (tertiary/aromatic N) is 2. The first-order valence-corrected chi connectivity index (χ1v) is 27.8. The highest BCUT2D eigenvalue weighted by Gasteiger charge is 2.52. The molecule has 0 N–H and O–H groups in total. The van der Waals surface area contributed by atoms with Crippen molar-refractivity contribution in [2.24, 2.45) is 0 Å². The molecule has 366 valence electrons. The zero-order chi connectivity index (χ0) is 51.9. The fraction of sp³-hybridized carbons (Fsp3) is 0.382. The highest BCUT2D eigenvalue weighted by atomic mass is 15.0. The second-order valence-electron chi connectivity index (χ2n) is 29.3. The molecule has 0 fully saturated rings.